The molecular formula is C17H24ClN5O. The zero-order valence-electron chi connectivity index (χ0n) is 14.0. The molecule has 1 saturated carbocycles. The first-order chi connectivity index (χ1) is 11.7. The molecule has 0 amide bonds. The summed E-state index contributed by atoms with van der Waals surface area (Å²) in [6.45, 7) is 2.16. The summed E-state index contributed by atoms with van der Waals surface area (Å²) in [7, 11) is 0. The third-order valence-electron chi connectivity index (χ3n) is 5.19. The average molecular weight is 350 g/mol. The molecule has 2 aromatic rings. The lowest BCUT2D eigenvalue weighted by Crippen LogP contribution is -2.23. The maximum Gasteiger partial charge on any atom is 0.226 e. The van der Waals surface area contributed by atoms with Gasteiger partial charge in [-0.1, -0.05) is 26.2 Å². The van der Waals surface area contributed by atoms with E-state index < -0.39 is 0 Å². The van der Waals surface area contributed by atoms with Crippen LogP contribution in [0.25, 0.3) is 11.2 Å². The van der Waals surface area contributed by atoms with Crippen LogP contribution >= 0.6 is 11.6 Å². The molecule has 7 heteroatoms. The minimum atomic E-state index is -0.00607. The summed E-state index contributed by atoms with van der Waals surface area (Å²) < 4.78 is 8.10. The summed E-state index contributed by atoms with van der Waals surface area (Å²) >= 11 is 6.19. The first-order valence-electron chi connectivity index (χ1n) is 9.06. The van der Waals surface area contributed by atoms with E-state index in [9.17, 15) is 0 Å². The van der Waals surface area contributed by atoms with E-state index in [1.165, 1.54) is 32.1 Å². The zero-order valence-corrected chi connectivity index (χ0v) is 14.8. The minimum absolute atomic E-state index is 0.00607. The summed E-state index contributed by atoms with van der Waals surface area (Å²) in [4.78, 5) is 13.4. The second-order valence-electron chi connectivity index (χ2n) is 6.84. The topological polar surface area (TPSA) is 64.9 Å². The van der Waals surface area contributed by atoms with Gasteiger partial charge in [-0.2, -0.15) is 9.97 Å². The van der Waals surface area contributed by atoms with Crippen molar-refractivity contribution in [2.75, 3.05) is 5.32 Å². The Morgan fingerprint density at radius 2 is 2.04 bits per heavy atom. The Morgan fingerprint density at radius 3 is 2.79 bits per heavy atom. The van der Waals surface area contributed by atoms with Crippen molar-refractivity contribution in [2.24, 2.45) is 0 Å². The fourth-order valence-corrected chi connectivity index (χ4v) is 4.00. The first-order valence-corrected chi connectivity index (χ1v) is 9.44. The molecular weight excluding hydrogens is 326 g/mol. The Balaban J connectivity index is 1.64. The van der Waals surface area contributed by atoms with E-state index >= 15 is 0 Å². The van der Waals surface area contributed by atoms with E-state index in [1.54, 1.807) is 0 Å². The van der Waals surface area contributed by atoms with Gasteiger partial charge in [-0.3, -0.25) is 4.57 Å². The minimum Gasteiger partial charge on any atom is -0.365 e. The van der Waals surface area contributed by atoms with E-state index in [-0.39, 0.29) is 11.5 Å². The normalized spacial score (nSPS) is 25.4. The maximum atomic E-state index is 6.19. The highest BCUT2D eigenvalue weighted by Gasteiger charge is 2.28. The molecule has 0 radical (unpaired) electrons. The predicted molar refractivity (Wildman–Crippen MR) is 94.3 cm³/mol. The number of imidazole rings is 1. The highest BCUT2D eigenvalue weighted by atomic mass is 35.5. The predicted octanol–water partition coefficient (Wildman–Crippen LogP) is 4.31. The van der Waals surface area contributed by atoms with Crippen LogP contribution in [0, 0.1) is 0 Å². The van der Waals surface area contributed by atoms with Gasteiger partial charge in [-0.25, -0.2) is 4.98 Å². The van der Waals surface area contributed by atoms with Crippen LogP contribution in [0.3, 0.4) is 0 Å². The number of anilines is 1. The number of hydrogen-bond donors (Lipinski definition) is 1. The van der Waals surface area contributed by atoms with Crippen LogP contribution in [0.5, 0.6) is 0 Å². The van der Waals surface area contributed by atoms with Crippen LogP contribution in [0.15, 0.2) is 6.33 Å². The standard InChI is InChI=1S/C17H24ClN5O/c1-2-12-8-9-13(24-12)23-10-19-14-15(21-17(18)22-16(14)23)20-11-6-4-3-5-7-11/h10-13H,2-9H2,1H3,(H,20,21,22). The number of ether oxygens (including phenoxy) is 1. The largest absolute Gasteiger partial charge is 0.365 e. The smallest absolute Gasteiger partial charge is 0.226 e. The van der Waals surface area contributed by atoms with Crippen LogP contribution in [-0.4, -0.2) is 31.7 Å². The Kier molecular flexibility index (Phi) is 4.59. The molecule has 2 aromatic heterocycles. The van der Waals surface area contributed by atoms with Gasteiger partial charge in [-0.05, 0) is 43.7 Å². The molecule has 24 heavy (non-hydrogen) atoms. The number of fused-ring (bicyclic) bond motifs is 1. The number of hydrogen-bond acceptors (Lipinski definition) is 5. The molecule has 1 N–H and O–H groups in total. The van der Waals surface area contributed by atoms with Gasteiger partial charge in [0, 0.05) is 6.04 Å². The quantitative estimate of drug-likeness (QED) is 0.833. The van der Waals surface area contributed by atoms with Crippen molar-refractivity contribution >= 4 is 28.6 Å². The van der Waals surface area contributed by atoms with Crippen LogP contribution in [0.1, 0.15) is 64.5 Å². The third-order valence-corrected chi connectivity index (χ3v) is 5.36. The van der Waals surface area contributed by atoms with E-state index in [4.69, 9.17) is 16.3 Å². The number of nitrogens with one attached hydrogen (secondary N) is 1. The average Bonchev–Trinajstić information content (AvgIpc) is 3.22. The summed E-state index contributed by atoms with van der Waals surface area (Å²) in [5, 5.41) is 3.79. The molecule has 130 valence electrons. The SMILES string of the molecule is CCC1CCC(n2cnc3c(NC4CCCCC4)nc(Cl)nc32)O1. The Hall–Kier alpha value is -1.40. The highest BCUT2D eigenvalue weighted by molar-refractivity contribution is 6.28. The van der Waals surface area contributed by atoms with Gasteiger partial charge in [0.2, 0.25) is 5.28 Å². The second kappa shape index (κ2) is 6.84. The number of rotatable bonds is 4. The van der Waals surface area contributed by atoms with Crippen molar-refractivity contribution < 1.29 is 4.74 Å². The summed E-state index contributed by atoms with van der Waals surface area (Å²) in [6, 6.07) is 0.449. The van der Waals surface area contributed by atoms with Gasteiger partial charge >= 0.3 is 0 Å². The van der Waals surface area contributed by atoms with Gasteiger partial charge in [-0.15, -0.1) is 0 Å². The molecule has 0 bridgehead atoms. The fourth-order valence-electron chi connectivity index (χ4n) is 3.83. The first kappa shape index (κ1) is 16.1. The van der Waals surface area contributed by atoms with Gasteiger partial charge in [0.15, 0.2) is 17.0 Å². The third kappa shape index (κ3) is 3.09. The fraction of sp³-hybridized carbons (Fsp3) is 0.706. The number of nitrogens with zero attached hydrogens (tertiary/aromatic N) is 4. The Morgan fingerprint density at radius 1 is 1.21 bits per heavy atom. The summed E-state index contributed by atoms with van der Waals surface area (Å²) in [5.74, 6) is 0.751. The Bertz CT molecular complexity index is 712. The molecule has 2 aliphatic rings. The van der Waals surface area contributed by atoms with E-state index in [2.05, 4.69) is 27.2 Å². The second-order valence-corrected chi connectivity index (χ2v) is 7.18. The van der Waals surface area contributed by atoms with Gasteiger partial charge < -0.3 is 10.1 Å². The van der Waals surface area contributed by atoms with Gasteiger partial charge in [0.1, 0.15) is 6.23 Å². The van der Waals surface area contributed by atoms with Crippen LogP contribution in [-0.2, 0) is 4.74 Å². The van der Waals surface area contributed by atoms with E-state index in [0.29, 0.717) is 12.1 Å². The maximum absolute atomic E-state index is 6.19. The Labute approximate surface area is 147 Å². The van der Waals surface area contributed by atoms with Gasteiger partial charge in [0.25, 0.3) is 0 Å². The molecule has 3 heterocycles. The molecule has 1 saturated heterocycles. The van der Waals surface area contributed by atoms with E-state index in [1.807, 2.05) is 10.9 Å². The molecule has 2 fully saturated rings. The van der Waals surface area contributed by atoms with Crippen LogP contribution in [0.2, 0.25) is 5.28 Å². The summed E-state index contributed by atoms with van der Waals surface area (Å²) in [6.07, 6.45) is 11.4. The van der Waals surface area contributed by atoms with Crippen molar-refractivity contribution in [2.45, 2.75) is 76.7 Å². The van der Waals surface area contributed by atoms with Crippen molar-refractivity contribution in [1.82, 2.24) is 19.5 Å². The molecule has 1 aliphatic heterocycles. The lowest BCUT2D eigenvalue weighted by atomic mass is 9.95. The molecule has 4 rings (SSSR count). The zero-order chi connectivity index (χ0) is 16.5. The lowest BCUT2D eigenvalue weighted by Gasteiger charge is -2.23. The van der Waals surface area contributed by atoms with Crippen molar-refractivity contribution in [1.29, 1.82) is 0 Å². The van der Waals surface area contributed by atoms with Crippen molar-refractivity contribution in [3.63, 3.8) is 0 Å². The van der Waals surface area contributed by atoms with Crippen molar-refractivity contribution in [3.05, 3.63) is 11.6 Å². The van der Waals surface area contributed by atoms with Crippen LogP contribution < -0.4 is 5.32 Å². The molecule has 0 aromatic carbocycles. The monoisotopic (exact) mass is 349 g/mol. The number of aromatic nitrogens is 4. The molecule has 1 aliphatic carbocycles. The highest BCUT2D eigenvalue weighted by Crippen LogP contribution is 2.33. The lowest BCUT2D eigenvalue weighted by molar-refractivity contribution is 0.00289. The molecule has 2 unspecified atom stereocenters. The van der Waals surface area contributed by atoms with E-state index in [0.717, 1.165) is 36.2 Å². The summed E-state index contributed by atoms with van der Waals surface area (Å²) in [5.41, 5.74) is 1.54. The molecule has 2 atom stereocenters. The molecule has 6 nitrogen and oxygen atoms in total. The van der Waals surface area contributed by atoms with Crippen molar-refractivity contribution in [3.8, 4) is 0 Å². The number of halogens is 1. The molecule has 0 spiro atoms. The van der Waals surface area contributed by atoms with Gasteiger partial charge in [0.05, 0.1) is 12.4 Å². The van der Waals surface area contributed by atoms with Crippen LogP contribution in [0.4, 0.5) is 5.82 Å².